The van der Waals surface area contributed by atoms with Gasteiger partial charge in [-0.25, -0.2) is 4.98 Å². The Morgan fingerprint density at radius 1 is 1.28 bits per heavy atom. The number of aryl methyl sites for hydroxylation is 2. The highest BCUT2D eigenvalue weighted by Crippen LogP contribution is 2.18. The van der Waals surface area contributed by atoms with Gasteiger partial charge in [0.1, 0.15) is 5.82 Å². The van der Waals surface area contributed by atoms with E-state index in [4.69, 9.17) is 0 Å². The van der Waals surface area contributed by atoms with Crippen LogP contribution in [0.15, 0.2) is 42.7 Å². The van der Waals surface area contributed by atoms with Crippen LogP contribution in [0, 0.1) is 0 Å². The molecule has 18 heavy (non-hydrogen) atoms. The zero-order chi connectivity index (χ0) is 12.8. The zero-order valence-electron chi connectivity index (χ0n) is 11.1. The van der Waals surface area contributed by atoms with Gasteiger partial charge in [-0.15, -0.1) is 0 Å². The second-order valence-electron chi connectivity index (χ2n) is 4.60. The van der Waals surface area contributed by atoms with Crippen molar-refractivity contribution in [3.05, 3.63) is 54.1 Å². The monoisotopic (exact) mass is 243 g/mol. The van der Waals surface area contributed by atoms with E-state index in [-0.39, 0.29) is 0 Å². The van der Waals surface area contributed by atoms with Crippen LogP contribution in [0.2, 0.25) is 0 Å². The maximum atomic E-state index is 4.35. The van der Waals surface area contributed by atoms with E-state index >= 15 is 0 Å². The Kier molecular flexibility index (Phi) is 4.53. The van der Waals surface area contributed by atoms with E-state index in [1.165, 1.54) is 5.56 Å². The summed E-state index contributed by atoms with van der Waals surface area (Å²) in [5.41, 5.74) is 1.36. The molecule has 2 rings (SSSR count). The summed E-state index contributed by atoms with van der Waals surface area (Å²) in [5, 5.41) is 3.39. The fraction of sp³-hybridized carbons (Fsp3) is 0.400. The van der Waals surface area contributed by atoms with Crippen molar-refractivity contribution < 1.29 is 0 Å². The first-order chi connectivity index (χ1) is 8.81. The number of benzene rings is 1. The summed E-state index contributed by atoms with van der Waals surface area (Å²) < 4.78 is 2.09. The molecular formula is C15H21N3. The van der Waals surface area contributed by atoms with Gasteiger partial charge in [-0.1, -0.05) is 30.3 Å². The second kappa shape index (κ2) is 6.36. The van der Waals surface area contributed by atoms with Crippen molar-refractivity contribution >= 4 is 0 Å². The van der Waals surface area contributed by atoms with E-state index in [1.54, 1.807) is 0 Å². The van der Waals surface area contributed by atoms with Crippen molar-refractivity contribution in [2.45, 2.75) is 25.3 Å². The summed E-state index contributed by atoms with van der Waals surface area (Å²) in [5.74, 6) is 1.16. The van der Waals surface area contributed by atoms with Crippen LogP contribution in [0.4, 0.5) is 0 Å². The van der Waals surface area contributed by atoms with E-state index < -0.39 is 0 Å². The van der Waals surface area contributed by atoms with Gasteiger partial charge < -0.3 is 9.88 Å². The fourth-order valence-electron chi connectivity index (χ4n) is 2.26. The predicted octanol–water partition coefficient (Wildman–Crippen LogP) is 2.70. The van der Waals surface area contributed by atoms with Gasteiger partial charge in [0.25, 0.3) is 0 Å². The molecule has 3 nitrogen and oxygen atoms in total. The van der Waals surface area contributed by atoms with Crippen molar-refractivity contribution in [3.8, 4) is 0 Å². The quantitative estimate of drug-likeness (QED) is 0.845. The number of hydrogen-bond donors (Lipinski definition) is 1. The maximum absolute atomic E-state index is 4.35. The van der Waals surface area contributed by atoms with Crippen molar-refractivity contribution in [2.24, 2.45) is 7.05 Å². The minimum absolute atomic E-state index is 0.437. The largest absolute Gasteiger partial charge is 0.338 e. The number of nitrogens with zero attached hydrogens (tertiary/aromatic N) is 2. The molecule has 0 bridgehead atoms. The molecule has 1 atom stereocenters. The number of imidazole rings is 1. The molecule has 2 aromatic rings. The topological polar surface area (TPSA) is 29.9 Å². The summed E-state index contributed by atoms with van der Waals surface area (Å²) in [6, 6.07) is 11.1. The third-order valence-corrected chi connectivity index (χ3v) is 3.36. The summed E-state index contributed by atoms with van der Waals surface area (Å²) >= 11 is 0. The van der Waals surface area contributed by atoms with Gasteiger partial charge in [0.2, 0.25) is 0 Å². The molecule has 0 saturated heterocycles. The van der Waals surface area contributed by atoms with E-state index in [0.717, 1.165) is 25.1 Å². The average Bonchev–Trinajstić information content (AvgIpc) is 2.81. The number of hydrogen-bond acceptors (Lipinski definition) is 2. The first-order valence-electron chi connectivity index (χ1n) is 6.49. The van der Waals surface area contributed by atoms with Crippen molar-refractivity contribution in [1.82, 2.24) is 14.9 Å². The van der Waals surface area contributed by atoms with Crippen LogP contribution < -0.4 is 5.32 Å². The van der Waals surface area contributed by atoms with Crippen molar-refractivity contribution in [3.63, 3.8) is 0 Å². The molecule has 0 aliphatic rings. The Labute approximate surface area is 109 Å². The van der Waals surface area contributed by atoms with E-state index in [2.05, 4.69) is 52.2 Å². The van der Waals surface area contributed by atoms with Gasteiger partial charge in [0.05, 0.1) is 0 Å². The molecule has 0 spiro atoms. The molecule has 0 saturated carbocycles. The van der Waals surface area contributed by atoms with Gasteiger partial charge >= 0.3 is 0 Å². The highest BCUT2D eigenvalue weighted by molar-refractivity contribution is 5.18. The van der Waals surface area contributed by atoms with E-state index in [1.807, 2.05) is 19.4 Å². The van der Waals surface area contributed by atoms with Crippen LogP contribution in [0.5, 0.6) is 0 Å². The maximum Gasteiger partial charge on any atom is 0.108 e. The highest BCUT2D eigenvalue weighted by atomic mass is 15.0. The highest BCUT2D eigenvalue weighted by Gasteiger charge is 2.08. The van der Waals surface area contributed by atoms with Gasteiger partial charge in [-0.05, 0) is 25.5 Å². The lowest BCUT2D eigenvalue weighted by Gasteiger charge is -2.16. The molecule has 0 aliphatic carbocycles. The Hall–Kier alpha value is -1.61. The minimum atomic E-state index is 0.437. The lowest BCUT2D eigenvalue weighted by Crippen LogP contribution is -2.16. The van der Waals surface area contributed by atoms with Crippen LogP contribution in [0.25, 0.3) is 0 Å². The number of nitrogens with one attached hydrogen (secondary N) is 1. The summed E-state index contributed by atoms with van der Waals surface area (Å²) in [4.78, 5) is 4.35. The molecule has 0 amide bonds. The zero-order valence-corrected chi connectivity index (χ0v) is 11.1. The lowest BCUT2D eigenvalue weighted by atomic mass is 10.0. The van der Waals surface area contributed by atoms with Gasteiger partial charge in [0.15, 0.2) is 0 Å². The Morgan fingerprint density at radius 2 is 2.06 bits per heavy atom. The van der Waals surface area contributed by atoms with Crippen LogP contribution in [-0.2, 0) is 13.5 Å². The second-order valence-corrected chi connectivity index (χ2v) is 4.60. The summed E-state index contributed by atoms with van der Waals surface area (Å²) in [7, 11) is 4.08. The Morgan fingerprint density at radius 3 is 2.67 bits per heavy atom. The molecule has 0 radical (unpaired) electrons. The number of rotatable bonds is 6. The SMILES string of the molecule is CNC(CCCc1nccn1C)c1ccccc1. The first-order valence-corrected chi connectivity index (χ1v) is 6.49. The molecule has 1 unspecified atom stereocenters. The average molecular weight is 243 g/mol. The third kappa shape index (κ3) is 3.20. The molecule has 0 aliphatic heterocycles. The summed E-state index contributed by atoms with van der Waals surface area (Å²) in [6.45, 7) is 0. The fourth-order valence-corrected chi connectivity index (χ4v) is 2.26. The van der Waals surface area contributed by atoms with Gasteiger partial charge in [-0.2, -0.15) is 0 Å². The van der Waals surface area contributed by atoms with Crippen LogP contribution in [0.3, 0.4) is 0 Å². The van der Waals surface area contributed by atoms with Crippen LogP contribution >= 0.6 is 0 Å². The van der Waals surface area contributed by atoms with Crippen molar-refractivity contribution in [2.75, 3.05) is 7.05 Å². The van der Waals surface area contributed by atoms with Gasteiger partial charge in [0, 0.05) is 31.9 Å². The Bertz CT molecular complexity index is 462. The molecule has 3 heteroatoms. The third-order valence-electron chi connectivity index (χ3n) is 3.36. The predicted molar refractivity (Wildman–Crippen MR) is 74.4 cm³/mol. The van der Waals surface area contributed by atoms with E-state index in [0.29, 0.717) is 6.04 Å². The molecule has 1 aromatic heterocycles. The van der Waals surface area contributed by atoms with Crippen LogP contribution in [-0.4, -0.2) is 16.6 Å². The van der Waals surface area contributed by atoms with Gasteiger partial charge in [-0.3, -0.25) is 0 Å². The number of aromatic nitrogens is 2. The molecule has 0 fully saturated rings. The summed E-state index contributed by atoms with van der Waals surface area (Å²) in [6.07, 6.45) is 7.18. The standard InChI is InChI=1S/C15H21N3/c1-16-14(13-7-4-3-5-8-13)9-6-10-15-17-11-12-18(15)2/h3-5,7-8,11-12,14,16H,6,9-10H2,1-2H3. The molecule has 1 aromatic carbocycles. The van der Waals surface area contributed by atoms with E-state index in [9.17, 15) is 0 Å². The first kappa shape index (κ1) is 12.8. The molecule has 96 valence electrons. The molecule has 1 N–H and O–H groups in total. The molecule has 1 heterocycles. The minimum Gasteiger partial charge on any atom is -0.338 e. The molecular weight excluding hydrogens is 222 g/mol. The Balaban J connectivity index is 1.87. The smallest absolute Gasteiger partial charge is 0.108 e. The normalized spacial score (nSPS) is 12.6. The lowest BCUT2D eigenvalue weighted by molar-refractivity contribution is 0.520. The van der Waals surface area contributed by atoms with Crippen LogP contribution in [0.1, 0.15) is 30.3 Å². The van der Waals surface area contributed by atoms with Crippen molar-refractivity contribution in [1.29, 1.82) is 0 Å².